The van der Waals surface area contributed by atoms with Crippen LogP contribution in [0.2, 0.25) is 0 Å². The predicted octanol–water partition coefficient (Wildman–Crippen LogP) is 0.893. The lowest BCUT2D eigenvalue weighted by Crippen LogP contribution is -2.52. The average Bonchev–Trinajstić information content (AvgIpc) is 2.80. The Kier molecular flexibility index (Phi) is 8.43. The van der Waals surface area contributed by atoms with Gasteiger partial charge in [-0.15, -0.1) is 0 Å². The molecule has 31 heavy (non-hydrogen) atoms. The number of ether oxygens (including phenoxy) is 1. The van der Waals surface area contributed by atoms with Gasteiger partial charge in [0.1, 0.15) is 12.6 Å². The van der Waals surface area contributed by atoms with Gasteiger partial charge in [-0.05, 0) is 32.4 Å². The van der Waals surface area contributed by atoms with Gasteiger partial charge in [0.25, 0.3) is 0 Å². The predicted molar refractivity (Wildman–Crippen MR) is 117 cm³/mol. The van der Waals surface area contributed by atoms with Gasteiger partial charge in [0.05, 0.1) is 6.61 Å². The lowest BCUT2D eigenvalue weighted by molar-refractivity contribution is -0.144. The molecular formula is C23H34N4O4. The highest BCUT2D eigenvalue weighted by Crippen LogP contribution is 2.27. The first-order valence-electron chi connectivity index (χ1n) is 11.2. The fourth-order valence-electron chi connectivity index (χ4n) is 4.28. The monoisotopic (exact) mass is 430 g/mol. The van der Waals surface area contributed by atoms with Crippen LogP contribution in [0.5, 0.6) is 0 Å². The minimum Gasteiger partial charge on any atom is -0.465 e. The third kappa shape index (κ3) is 6.27. The van der Waals surface area contributed by atoms with Crippen LogP contribution >= 0.6 is 0 Å². The normalized spacial score (nSPS) is 19.6. The molecule has 1 atom stereocenters. The molecule has 2 heterocycles. The number of likely N-dealkylation sites (tertiary alicyclic amines) is 1. The molecule has 3 rings (SSSR count). The molecule has 2 fully saturated rings. The zero-order valence-corrected chi connectivity index (χ0v) is 18.6. The Bertz CT molecular complexity index is 741. The average molecular weight is 431 g/mol. The topological polar surface area (TPSA) is 82.2 Å². The molecule has 0 spiro atoms. The van der Waals surface area contributed by atoms with E-state index < -0.39 is 5.97 Å². The van der Waals surface area contributed by atoms with E-state index in [1.807, 2.05) is 35.2 Å². The summed E-state index contributed by atoms with van der Waals surface area (Å²) in [5, 5.41) is 2.66. The third-order valence-corrected chi connectivity index (χ3v) is 6.14. The largest absolute Gasteiger partial charge is 0.465 e. The Balaban J connectivity index is 1.59. The van der Waals surface area contributed by atoms with Gasteiger partial charge in [-0.2, -0.15) is 0 Å². The zero-order chi connectivity index (χ0) is 22.2. The molecule has 1 N–H and O–H groups in total. The summed E-state index contributed by atoms with van der Waals surface area (Å²) in [5.41, 5.74) is 1.02. The van der Waals surface area contributed by atoms with Crippen LogP contribution in [-0.2, 0) is 19.1 Å². The van der Waals surface area contributed by atoms with Crippen molar-refractivity contribution in [3.63, 3.8) is 0 Å². The molecule has 8 nitrogen and oxygen atoms in total. The number of hydrogen-bond acceptors (Lipinski definition) is 6. The van der Waals surface area contributed by atoms with Gasteiger partial charge in [0.2, 0.25) is 11.8 Å². The summed E-state index contributed by atoms with van der Waals surface area (Å²) in [5.74, 6) is -0.640. The fourth-order valence-corrected chi connectivity index (χ4v) is 4.28. The Morgan fingerprint density at radius 1 is 1.03 bits per heavy atom. The molecule has 0 radical (unpaired) electrons. The molecule has 170 valence electrons. The summed E-state index contributed by atoms with van der Waals surface area (Å²) in [7, 11) is 2.11. The van der Waals surface area contributed by atoms with Crippen LogP contribution in [0.25, 0.3) is 0 Å². The van der Waals surface area contributed by atoms with E-state index in [0.29, 0.717) is 32.5 Å². The molecule has 2 saturated heterocycles. The lowest BCUT2D eigenvalue weighted by atomic mass is 9.94. The van der Waals surface area contributed by atoms with Gasteiger partial charge in [-0.25, -0.2) is 0 Å². The quantitative estimate of drug-likeness (QED) is 0.647. The van der Waals surface area contributed by atoms with Gasteiger partial charge in [-0.3, -0.25) is 19.3 Å². The number of nitrogens with zero attached hydrogens (tertiary/aromatic N) is 3. The zero-order valence-electron chi connectivity index (χ0n) is 18.6. The number of rotatable bonds is 7. The summed E-state index contributed by atoms with van der Waals surface area (Å²) in [6.45, 7) is 6.62. The minimum atomic E-state index is -0.429. The molecule has 2 aliphatic rings. The molecule has 1 unspecified atom stereocenters. The first-order chi connectivity index (χ1) is 15.0. The molecule has 0 aromatic heterocycles. The van der Waals surface area contributed by atoms with E-state index in [2.05, 4.69) is 22.2 Å². The Morgan fingerprint density at radius 2 is 1.68 bits per heavy atom. The second-order valence-corrected chi connectivity index (χ2v) is 8.27. The number of hydrogen-bond donors (Lipinski definition) is 1. The summed E-state index contributed by atoms with van der Waals surface area (Å²) >= 11 is 0. The number of carbonyl (C=O) groups excluding carboxylic acids is 3. The van der Waals surface area contributed by atoms with Crippen LogP contribution in [-0.4, -0.2) is 92.0 Å². The van der Waals surface area contributed by atoms with Gasteiger partial charge < -0.3 is 19.9 Å². The van der Waals surface area contributed by atoms with Crippen LogP contribution in [0.3, 0.4) is 0 Å². The Labute approximate surface area is 184 Å². The second-order valence-electron chi connectivity index (χ2n) is 8.27. The maximum Gasteiger partial charge on any atom is 0.325 e. The number of piperidine rings is 1. The van der Waals surface area contributed by atoms with Crippen molar-refractivity contribution in [2.75, 3.05) is 59.5 Å². The highest BCUT2D eigenvalue weighted by molar-refractivity contribution is 5.85. The second kappa shape index (κ2) is 11.2. The van der Waals surface area contributed by atoms with Crippen LogP contribution in [0.4, 0.5) is 0 Å². The first kappa shape index (κ1) is 23.2. The van der Waals surface area contributed by atoms with Crippen molar-refractivity contribution >= 4 is 17.8 Å². The molecule has 2 aliphatic heterocycles. The van der Waals surface area contributed by atoms with E-state index in [4.69, 9.17) is 4.74 Å². The van der Waals surface area contributed by atoms with Crippen molar-refractivity contribution in [3.8, 4) is 0 Å². The van der Waals surface area contributed by atoms with Crippen molar-refractivity contribution in [3.05, 3.63) is 35.9 Å². The highest BCUT2D eigenvalue weighted by Gasteiger charge is 2.35. The maximum atomic E-state index is 13.6. The Morgan fingerprint density at radius 3 is 2.29 bits per heavy atom. The van der Waals surface area contributed by atoms with E-state index in [-0.39, 0.29) is 30.3 Å². The number of carbonyl (C=O) groups is 3. The lowest BCUT2D eigenvalue weighted by Gasteiger charge is -2.40. The molecular weight excluding hydrogens is 396 g/mol. The van der Waals surface area contributed by atoms with E-state index in [0.717, 1.165) is 31.7 Å². The van der Waals surface area contributed by atoms with Crippen molar-refractivity contribution < 1.29 is 19.1 Å². The first-order valence-corrected chi connectivity index (χ1v) is 11.2. The number of amides is 2. The van der Waals surface area contributed by atoms with Crippen molar-refractivity contribution in [1.29, 1.82) is 0 Å². The van der Waals surface area contributed by atoms with Gasteiger partial charge in [0, 0.05) is 45.2 Å². The van der Waals surface area contributed by atoms with Crippen LogP contribution in [0, 0.1) is 5.92 Å². The summed E-state index contributed by atoms with van der Waals surface area (Å²) in [6.07, 6.45) is 1.20. The molecule has 8 heteroatoms. The van der Waals surface area contributed by atoms with Gasteiger partial charge in [0.15, 0.2) is 0 Å². The standard InChI is InChI=1S/C23H34N4O4/c1-3-31-20(28)17-24-22(29)19-9-11-27(12-10-19)23(30)21(18-7-5-4-6-8-18)26-15-13-25(2)14-16-26/h4-8,19,21H,3,9-17H2,1-2H3,(H,24,29). The number of esters is 1. The number of likely N-dealkylation sites (N-methyl/N-ethyl adjacent to an activating group) is 1. The number of piperazine rings is 1. The van der Waals surface area contributed by atoms with E-state index in [1.165, 1.54) is 0 Å². The van der Waals surface area contributed by atoms with Crippen LogP contribution in [0.1, 0.15) is 31.4 Å². The number of nitrogens with one attached hydrogen (secondary N) is 1. The molecule has 1 aromatic carbocycles. The van der Waals surface area contributed by atoms with E-state index >= 15 is 0 Å². The molecule has 0 aliphatic carbocycles. The molecule has 2 amide bonds. The molecule has 0 bridgehead atoms. The molecule has 0 saturated carbocycles. The summed E-state index contributed by atoms with van der Waals surface area (Å²) in [6, 6.07) is 9.68. The third-order valence-electron chi connectivity index (χ3n) is 6.14. The van der Waals surface area contributed by atoms with E-state index in [1.54, 1.807) is 6.92 Å². The van der Waals surface area contributed by atoms with Gasteiger partial charge in [-0.1, -0.05) is 30.3 Å². The molecule has 1 aromatic rings. The van der Waals surface area contributed by atoms with Crippen molar-refractivity contribution in [1.82, 2.24) is 20.0 Å². The van der Waals surface area contributed by atoms with Crippen LogP contribution in [0.15, 0.2) is 30.3 Å². The van der Waals surface area contributed by atoms with Crippen molar-refractivity contribution in [2.24, 2.45) is 5.92 Å². The smallest absolute Gasteiger partial charge is 0.325 e. The highest BCUT2D eigenvalue weighted by atomic mass is 16.5. The van der Waals surface area contributed by atoms with Crippen LogP contribution < -0.4 is 5.32 Å². The number of benzene rings is 1. The van der Waals surface area contributed by atoms with Gasteiger partial charge >= 0.3 is 5.97 Å². The minimum absolute atomic E-state index is 0.106. The van der Waals surface area contributed by atoms with Crippen molar-refractivity contribution in [2.45, 2.75) is 25.8 Å². The SMILES string of the molecule is CCOC(=O)CNC(=O)C1CCN(C(=O)C(c2ccccc2)N2CCN(C)CC2)CC1. The maximum absolute atomic E-state index is 13.6. The summed E-state index contributed by atoms with van der Waals surface area (Å²) < 4.78 is 4.85. The van der Waals surface area contributed by atoms with E-state index in [9.17, 15) is 14.4 Å². The summed E-state index contributed by atoms with van der Waals surface area (Å²) in [4.78, 5) is 43.8. The fraction of sp³-hybridized carbons (Fsp3) is 0.609. The Hall–Kier alpha value is -2.45.